The maximum Gasteiger partial charge on any atom is 0.338 e. The van der Waals surface area contributed by atoms with Crippen LogP contribution in [0.5, 0.6) is 0 Å². The number of nitrogens with zero attached hydrogens (tertiary/aromatic N) is 3. The summed E-state index contributed by atoms with van der Waals surface area (Å²) in [6.07, 6.45) is -5.88. The summed E-state index contributed by atoms with van der Waals surface area (Å²) in [5.74, 6) is -2.46. The van der Waals surface area contributed by atoms with Gasteiger partial charge in [0.1, 0.15) is 24.4 Å². The number of azide groups is 1. The molecule has 2 fully saturated rings. The van der Waals surface area contributed by atoms with Gasteiger partial charge in [-0.2, -0.15) is 0 Å². The predicted molar refractivity (Wildman–Crippen MR) is 197 cm³/mol. The molecule has 2 aliphatic rings. The van der Waals surface area contributed by atoms with Crippen molar-refractivity contribution >= 4 is 36.5 Å². The van der Waals surface area contributed by atoms with E-state index in [9.17, 15) is 25.0 Å². The molecule has 0 bridgehead atoms. The molecule has 2 unspecified atom stereocenters. The van der Waals surface area contributed by atoms with Crippen LogP contribution in [0.4, 0.5) is 0 Å². The van der Waals surface area contributed by atoms with Gasteiger partial charge in [0, 0.05) is 17.8 Å². The van der Waals surface area contributed by atoms with Crippen molar-refractivity contribution < 1.29 is 38.1 Å². The van der Waals surface area contributed by atoms with Crippen LogP contribution < -0.4 is 15.7 Å². The molecule has 52 heavy (non-hydrogen) atoms. The van der Waals surface area contributed by atoms with Crippen molar-refractivity contribution in [3.8, 4) is 0 Å². The first-order valence-corrected chi connectivity index (χ1v) is 19.6. The third-order valence-electron chi connectivity index (χ3n) is 10.3. The Balaban J connectivity index is 1.53. The molecule has 0 spiro atoms. The van der Waals surface area contributed by atoms with Crippen LogP contribution in [0.2, 0.25) is 5.04 Å². The number of amides is 1. The third-order valence-corrected chi connectivity index (χ3v) is 15.4. The highest BCUT2D eigenvalue weighted by Gasteiger charge is 2.55. The number of hydrogen-bond acceptors (Lipinski definition) is 9. The monoisotopic (exact) mass is 728 g/mol. The smallest absolute Gasteiger partial charge is 0.338 e. The van der Waals surface area contributed by atoms with Crippen LogP contribution in [0.25, 0.3) is 10.4 Å². The van der Waals surface area contributed by atoms with Crippen molar-refractivity contribution in [2.75, 3.05) is 0 Å². The van der Waals surface area contributed by atoms with Crippen LogP contribution >= 0.6 is 0 Å². The number of benzene rings is 3. The summed E-state index contributed by atoms with van der Waals surface area (Å²) in [5, 5.41) is 20.5. The van der Waals surface area contributed by atoms with E-state index in [1.54, 1.807) is 30.3 Å². The fraction of sp³-hybridized carbons (Fsp3) is 0.462. The molecule has 1 saturated carbocycles. The molecule has 13 heteroatoms. The van der Waals surface area contributed by atoms with Crippen molar-refractivity contribution in [3.63, 3.8) is 0 Å². The van der Waals surface area contributed by atoms with E-state index in [-0.39, 0.29) is 6.42 Å². The Morgan fingerprint density at radius 3 is 1.94 bits per heavy atom. The molecule has 1 aliphatic heterocycles. The summed E-state index contributed by atoms with van der Waals surface area (Å²) in [6.45, 7) is 11.2. The maximum absolute atomic E-state index is 14.2. The van der Waals surface area contributed by atoms with Gasteiger partial charge in [0.2, 0.25) is 5.91 Å². The molecule has 276 valence electrons. The van der Waals surface area contributed by atoms with Crippen molar-refractivity contribution in [2.45, 2.75) is 102 Å². The van der Waals surface area contributed by atoms with E-state index >= 15 is 0 Å². The van der Waals surface area contributed by atoms with Gasteiger partial charge in [-0.1, -0.05) is 119 Å². The Labute approximate surface area is 305 Å². The van der Waals surface area contributed by atoms with Gasteiger partial charge in [0.25, 0.3) is 8.32 Å². The molecule has 3 aromatic carbocycles. The highest BCUT2D eigenvalue weighted by Crippen LogP contribution is 2.40. The summed E-state index contributed by atoms with van der Waals surface area (Å²) < 4.78 is 24.8. The van der Waals surface area contributed by atoms with Crippen molar-refractivity contribution in [1.29, 1.82) is 0 Å². The zero-order chi connectivity index (χ0) is 37.6. The lowest BCUT2D eigenvalue weighted by Gasteiger charge is -2.50. The molecule has 1 amide bonds. The molecule has 3 aromatic rings. The molecular weight excluding hydrogens is 681 g/mol. The Hall–Kier alpha value is -4.52. The van der Waals surface area contributed by atoms with Gasteiger partial charge in [-0.05, 0) is 51.8 Å². The summed E-state index contributed by atoms with van der Waals surface area (Å²) >= 11 is 0. The lowest BCUT2D eigenvalue weighted by Crippen LogP contribution is -2.72. The van der Waals surface area contributed by atoms with E-state index in [1.165, 1.54) is 6.92 Å². The topological polar surface area (TPSA) is 169 Å². The number of carbonyl (C=O) groups is 3. The van der Waals surface area contributed by atoms with Gasteiger partial charge in [-0.15, -0.1) is 0 Å². The summed E-state index contributed by atoms with van der Waals surface area (Å²) in [4.78, 5) is 42.2. The fourth-order valence-electron chi connectivity index (χ4n) is 7.49. The van der Waals surface area contributed by atoms with Gasteiger partial charge in [-0.3, -0.25) is 9.59 Å². The van der Waals surface area contributed by atoms with E-state index in [0.29, 0.717) is 12.0 Å². The van der Waals surface area contributed by atoms with Gasteiger partial charge in [-0.25, -0.2) is 4.79 Å². The van der Waals surface area contributed by atoms with Crippen LogP contribution in [-0.2, 0) is 28.2 Å². The van der Waals surface area contributed by atoms with E-state index in [4.69, 9.17) is 18.6 Å². The van der Waals surface area contributed by atoms with Gasteiger partial charge in [0.15, 0.2) is 6.23 Å². The third kappa shape index (κ3) is 8.09. The Morgan fingerprint density at radius 1 is 0.865 bits per heavy atom. The van der Waals surface area contributed by atoms with Gasteiger partial charge < -0.3 is 29.1 Å². The van der Waals surface area contributed by atoms with Gasteiger partial charge >= 0.3 is 11.9 Å². The second-order valence-corrected chi connectivity index (χ2v) is 18.9. The standard InChI is InChI=1S/C39H48N4O8Si/c1-24-25(2)34(48-26(3)44)37(42-43-40)50-33(24)36(46)41-30-22-23-31(49-38(47)27-16-10-7-11-17-27)32(45)35(30)51-52(39(4,5)6,28-18-12-8-13-19-28)29-20-14-9-15-21-29/h7-21,24-25,30-35,37,45H,22-23H2,1-6H3,(H,41,46)/t24-,25-,30+,31+,32-,33?,34-,35-,37?/m0/s1. The Morgan fingerprint density at radius 2 is 1.42 bits per heavy atom. The molecule has 0 radical (unpaired) electrons. The first-order chi connectivity index (χ1) is 24.8. The molecule has 0 aromatic heterocycles. The molecule has 1 heterocycles. The molecule has 1 saturated heterocycles. The van der Waals surface area contributed by atoms with E-state index in [1.807, 2.05) is 74.5 Å². The SMILES string of the molecule is CC(=O)O[C@@H]1C(N=[N+]=[N-])OC(C(=O)N[C@@H]2CC[C@@H](OC(=O)c3ccccc3)[C@H](O)[C@H]2O[Si](c2ccccc2)(c2ccccc2)C(C)(C)C)[C@@H](C)[C@@H]1C. The lowest BCUT2D eigenvalue weighted by molar-refractivity contribution is -0.196. The van der Waals surface area contributed by atoms with Gasteiger partial charge in [0.05, 0.1) is 17.7 Å². The molecule has 9 atom stereocenters. The Kier molecular flexibility index (Phi) is 12.2. The summed E-state index contributed by atoms with van der Waals surface area (Å²) in [5.41, 5.74) is 9.61. The van der Waals surface area contributed by atoms with E-state index in [2.05, 4.69) is 36.1 Å². The first-order valence-electron chi connectivity index (χ1n) is 17.7. The number of aliphatic hydroxyl groups excluding tert-OH is 1. The fourth-order valence-corrected chi connectivity index (χ4v) is 12.2. The minimum Gasteiger partial charge on any atom is -0.459 e. The highest BCUT2D eigenvalue weighted by atomic mass is 28.4. The minimum absolute atomic E-state index is 0.249. The van der Waals surface area contributed by atoms with Crippen LogP contribution in [-0.4, -0.2) is 74.1 Å². The zero-order valence-corrected chi connectivity index (χ0v) is 31.4. The zero-order valence-electron chi connectivity index (χ0n) is 30.4. The number of aliphatic hydroxyl groups is 1. The number of nitrogens with one attached hydrogen (secondary N) is 1. The largest absolute Gasteiger partial charge is 0.459 e. The number of rotatable bonds is 10. The predicted octanol–water partition coefficient (Wildman–Crippen LogP) is 5.04. The van der Waals surface area contributed by atoms with E-state index in [0.717, 1.165) is 10.4 Å². The minimum atomic E-state index is -3.30. The second kappa shape index (κ2) is 16.4. The van der Waals surface area contributed by atoms with Crippen molar-refractivity contribution in [3.05, 3.63) is 107 Å². The average Bonchev–Trinajstić information content (AvgIpc) is 3.12. The van der Waals surface area contributed by atoms with Crippen LogP contribution in [0.1, 0.15) is 64.7 Å². The van der Waals surface area contributed by atoms with Crippen LogP contribution in [0.15, 0.2) is 96.1 Å². The maximum atomic E-state index is 14.2. The van der Waals surface area contributed by atoms with Crippen LogP contribution in [0.3, 0.4) is 0 Å². The molecule has 1 aliphatic carbocycles. The molecule has 2 N–H and O–H groups in total. The quantitative estimate of drug-likeness (QED) is 0.0963. The van der Waals surface area contributed by atoms with E-state index < -0.39 is 85.8 Å². The Bertz CT molecular complexity index is 1700. The molecule has 12 nitrogen and oxygen atoms in total. The normalized spacial score (nSPS) is 27.8. The number of esters is 2. The number of ether oxygens (including phenoxy) is 3. The lowest BCUT2D eigenvalue weighted by atomic mass is 9.82. The average molecular weight is 729 g/mol. The number of hydrogen-bond donors (Lipinski definition) is 2. The highest BCUT2D eigenvalue weighted by molar-refractivity contribution is 6.99. The van der Waals surface area contributed by atoms with Crippen molar-refractivity contribution in [1.82, 2.24) is 5.32 Å². The summed E-state index contributed by atoms with van der Waals surface area (Å²) in [6, 6.07) is 27.7. The molecular formula is C39H48N4O8Si. The summed E-state index contributed by atoms with van der Waals surface area (Å²) in [7, 11) is -3.30. The first kappa shape index (κ1) is 38.7. The van der Waals surface area contributed by atoms with Crippen LogP contribution in [0, 0.1) is 11.8 Å². The number of carbonyl (C=O) groups excluding carboxylic acids is 3. The second-order valence-electron chi connectivity index (χ2n) is 14.7. The van der Waals surface area contributed by atoms with Crippen molar-refractivity contribution in [2.24, 2.45) is 17.0 Å². The molecule has 5 rings (SSSR count).